The Hall–Kier alpha value is -0.150. The number of rotatable bonds is 4. The molecule has 0 rings (SSSR count). The van der Waals surface area contributed by atoms with Crippen LogP contribution in [0.1, 0.15) is 0 Å². The summed E-state index contributed by atoms with van der Waals surface area (Å²) in [7, 11) is 9.69. The van der Waals surface area contributed by atoms with Crippen molar-refractivity contribution in [2.45, 2.75) is 0 Å². The Morgan fingerprint density at radius 2 is 1.44 bits per heavy atom. The van der Waals surface area contributed by atoms with Gasteiger partial charge in [0.15, 0.2) is 0 Å². The first-order valence-corrected chi connectivity index (χ1v) is 5.94. The maximum absolute atomic E-state index is 9.98. The van der Waals surface area contributed by atoms with E-state index in [0.717, 1.165) is 11.0 Å². The molecule has 0 aliphatic carbocycles. The van der Waals surface area contributed by atoms with Gasteiger partial charge >= 0.3 is 55.1 Å². The van der Waals surface area contributed by atoms with Crippen molar-refractivity contribution in [3.63, 3.8) is 0 Å². The molecule has 0 amide bonds. The normalized spacial score (nSPS) is 11.2. The molecular formula is C10H25N2O3P+2. The van der Waals surface area contributed by atoms with Crippen molar-refractivity contribution >= 4 is 7.92 Å². The topological polar surface area (TPSA) is 57.5 Å². The minimum atomic E-state index is -0.105. The van der Waals surface area contributed by atoms with Gasteiger partial charge in [0.2, 0.25) is 0 Å². The van der Waals surface area contributed by atoms with E-state index in [-0.39, 0.29) is 21.1 Å². The molecule has 0 fully saturated rings. The number of quaternary nitrogens is 2. The smallest absolute Gasteiger partial charge is 0.101 e. The van der Waals surface area contributed by atoms with E-state index in [1.165, 1.54) is 0 Å². The van der Waals surface area contributed by atoms with E-state index in [1.54, 1.807) is 0 Å². The summed E-state index contributed by atoms with van der Waals surface area (Å²) in [6, 6.07) is 0. The quantitative estimate of drug-likeness (QED) is 0.545. The molecule has 0 bridgehead atoms. The molecule has 0 saturated heterocycles. The molecule has 0 heterocycles. The van der Waals surface area contributed by atoms with Gasteiger partial charge in [-0.3, -0.25) is 0 Å². The summed E-state index contributed by atoms with van der Waals surface area (Å²) in [6.45, 7) is 1.76. The van der Waals surface area contributed by atoms with E-state index < -0.39 is 0 Å². The molecule has 2 N–H and O–H groups in total. The summed E-state index contributed by atoms with van der Waals surface area (Å²) < 4.78 is 11.2. The van der Waals surface area contributed by atoms with Crippen LogP contribution in [-0.4, -0.2) is 80.7 Å². The summed E-state index contributed by atoms with van der Waals surface area (Å²) in [5.41, 5.74) is 0. The van der Waals surface area contributed by atoms with Crippen LogP contribution < -0.4 is 0 Å². The second-order valence-corrected chi connectivity index (χ2v) is 5.44. The average molecular weight is 252 g/mol. The number of likely N-dealkylation sites (N-methyl/N-ethyl adjacent to an activating group) is 2. The van der Waals surface area contributed by atoms with Crippen molar-refractivity contribution in [3.05, 3.63) is 0 Å². The van der Waals surface area contributed by atoms with E-state index in [0.29, 0.717) is 11.0 Å². The van der Waals surface area contributed by atoms with Crippen molar-refractivity contribution in [1.29, 1.82) is 0 Å². The minimum absolute atomic E-state index is 0.0928. The molecule has 0 radical (unpaired) electrons. The summed E-state index contributed by atoms with van der Waals surface area (Å²) in [5.74, 6) is 2.62. The van der Waals surface area contributed by atoms with Crippen LogP contribution in [0, 0.1) is 5.75 Å². The minimum Gasteiger partial charge on any atom is -0.391 e. The molecule has 0 aromatic rings. The molecule has 5 nitrogen and oxygen atoms in total. The van der Waals surface area contributed by atoms with E-state index in [2.05, 4.69) is 26.9 Å². The largest absolute Gasteiger partial charge is 0.391 e. The Bertz CT molecular complexity index is 267. The van der Waals surface area contributed by atoms with Crippen LogP contribution in [0.25, 0.3) is 0 Å². The fourth-order valence-electron chi connectivity index (χ4n) is 0.711. The van der Waals surface area contributed by atoms with Gasteiger partial charge in [-0.1, -0.05) is 0 Å². The number of hydrogen-bond donors (Lipinski definition) is 2. The van der Waals surface area contributed by atoms with Crippen LogP contribution in [0.3, 0.4) is 0 Å². The predicted octanol–water partition coefficient (Wildman–Crippen LogP) is -0.0516. The number of aliphatic hydroxyl groups is 2. The first kappa shape index (κ1) is 18.2. The number of aliphatic hydroxyl groups excluding tert-OH is 2. The van der Waals surface area contributed by atoms with Crippen molar-refractivity contribution in [3.8, 4) is 5.75 Å². The van der Waals surface area contributed by atoms with E-state index in [4.69, 9.17) is 10.2 Å². The van der Waals surface area contributed by atoms with Crippen LogP contribution in [0.15, 0.2) is 0 Å². The van der Waals surface area contributed by atoms with Gasteiger partial charge in [-0.25, -0.2) is 0 Å². The molecule has 0 aliphatic rings. The van der Waals surface area contributed by atoms with Crippen molar-refractivity contribution in [2.75, 3.05) is 61.5 Å². The van der Waals surface area contributed by atoms with Crippen molar-refractivity contribution < 1.29 is 23.7 Å². The van der Waals surface area contributed by atoms with Crippen LogP contribution in [0.5, 0.6) is 0 Å². The Balaban J connectivity index is 0. The fourth-order valence-corrected chi connectivity index (χ4v) is 1.03. The maximum Gasteiger partial charge on any atom is 0.101 e. The Kier molecular flexibility index (Phi) is 10.2. The Labute approximate surface area is 99.6 Å². The average Bonchev–Trinajstić information content (AvgIpc) is 2.01. The Morgan fingerprint density at radius 3 is 1.62 bits per heavy atom. The fraction of sp³-hybridized carbons (Fsp3) is 0.900. The van der Waals surface area contributed by atoms with Crippen LogP contribution in [-0.2, 0) is 4.57 Å². The molecule has 96 valence electrons. The first-order valence-electron chi connectivity index (χ1n) is 5.13. The zero-order valence-corrected chi connectivity index (χ0v) is 11.9. The van der Waals surface area contributed by atoms with Gasteiger partial charge in [0, 0.05) is 0 Å². The van der Waals surface area contributed by atoms with Gasteiger partial charge < -0.3 is 9.59 Å². The second kappa shape index (κ2) is 8.94. The number of hydrogen-bond acceptors (Lipinski definition) is 3. The predicted molar refractivity (Wildman–Crippen MR) is 65.5 cm³/mol. The van der Waals surface area contributed by atoms with Crippen molar-refractivity contribution in [1.82, 2.24) is 0 Å². The summed E-state index contributed by atoms with van der Waals surface area (Å²) in [4.78, 5) is 0. The van der Waals surface area contributed by atoms with Gasteiger partial charge in [-0.15, -0.1) is 0 Å². The van der Waals surface area contributed by atoms with Gasteiger partial charge in [-0.05, 0) is 0 Å². The Morgan fingerprint density at radius 1 is 1.00 bits per heavy atom. The van der Waals surface area contributed by atoms with E-state index in [1.807, 2.05) is 14.1 Å². The summed E-state index contributed by atoms with van der Waals surface area (Å²) >= 11 is 0. The standard InChI is InChI=1S/C5H11NO2P.C5H14NO/c1-6(2,3-4-7)5-9-8;1-6(2,3)4-5-7/h7H,3-4H2,1-2H3;7H,4-5H2,1-3H3/q2*+1. The van der Waals surface area contributed by atoms with Crippen LogP contribution >= 0.6 is 7.92 Å². The third kappa shape index (κ3) is 16.3. The van der Waals surface area contributed by atoms with Gasteiger partial charge in [0.1, 0.15) is 6.54 Å². The maximum atomic E-state index is 9.98. The molecule has 0 spiro atoms. The molecule has 0 atom stereocenters. The summed E-state index contributed by atoms with van der Waals surface area (Å²) in [6.07, 6.45) is 0. The number of nitrogens with zero attached hydrogens (tertiary/aromatic N) is 2. The molecule has 0 aliphatic heterocycles. The first-order chi connectivity index (χ1) is 7.18. The van der Waals surface area contributed by atoms with Gasteiger partial charge in [-0.2, -0.15) is 0 Å². The van der Waals surface area contributed by atoms with Crippen molar-refractivity contribution in [2.24, 2.45) is 0 Å². The van der Waals surface area contributed by atoms with Gasteiger partial charge in [0.25, 0.3) is 0 Å². The molecular weight excluding hydrogens is 227 g/mol. The molecule has 0 saturated carbocycles. The zero-order valence-electron chi connectivity index (χ0n) is 11.0. The van der Waals surface area contributed by atoms with Crippen LogP contribution in [0.2, 0.25) is 0 Å². The molecule has 16 heavy (non-hydrogen) atoms. The second-order valence-electron chi connectivity index (χ2n) is 5.06. The van der Waals surface area contributed by atoms with E-state index >= 15 is 0 Å². The van der Waals surface area contributed by atoms with Crippen LogP contribution in [0.4, 0.5) is 0 Å². The monoisotopic (exact) mass is 252 g/mol. The summed E-state index contributed by atoms with van der Waals surface area (Å²) in [5, 5.41) is 16.9. The van der Waals surface area contributed by atoms with Gasteiger partial charge in [0.05, 0.1) is 27.7 Å². The molecule has 6 heteroatoms. The zero-order chi connectivity index (χ0) is 13.2. The molecule has 0 aromatic heterocycles. The third-order valence-electron chi connectivity index (χ3n) is 1.74. The molecule has 0 aromatic carbocycles. The third-order valence-corrected chi connectivity index (χ3v) is 2.36. The van der Waals surface area contributed by atoms with E-state index in [9.17, 15) is 4.57 Å². The SMILES string of the molecule is C[N+](C)(C#P=O)CCO.C[N+](C)(C)CCO. The molecule has 0 unspecified atom stereocenters.